The van der Waals surface area contributed by atoms with Gasteiger partial charge >= 0.3 is 0 Å². The molecule has 0 amide bonds. The summed E-state index contributed by atoms with van der Waals surface area (Å²) >= 11 is 0. The predicted octanol–water partition coefficient (Wildman–Crippen LogP) is 1.02. The Morgan fingerprint density at radius 3 is 2.71 bits per heavy atom. The maximum Gasteiger partial charge on any atom is 0.150 e. The molecule has 3 rings (SSSR count). The second-order valence-electron chi connectivity index (χ2n) is 6.40. The van der Waals surface area contributed by atoms with Gasteiger partial charge in [-0.15, -0.1) is 0 Å². The summed E-state index contributed by atoms with van der Waals surface area (Å²) in [4.78, 5) is 2.36. The summed E-state index contributed by atoms with van der Waals surface area (Å²) in [7, 11) is -3.23. The Bertz CT molecular complexity index is 787. The van der Waals surface area contributed by atoms with Gasteiger partial charge in [-0.05, 0) is 18.1 Å². The Morgan fingerprint density at radius 2 is 2.00 bits per heavy atom. The van der Waals surface area contributed by atoms with Crippen molar-refractivity contribution in [3.63, 3.8) is 0 Å². The molecule has 1 N–H and O–H groups in total. The Hall–Kier alpha value is -1.70. The lowest BCUT2D eigenvalue weighted by molar-refractivity contribution is 0.193. The van der Waals surface area contributed by atoms with E-state index in [1.807, 2.05) is 16.8 Å². The van der Waals surface area contributed by atoms with Gasteiger partial charge in [0, 0.05) is 25.9 Å². The summed E-state index contributed by atoms with van der Waals surface area (Å²) in [5.41, 5.74) is 2.79. The van der Waals surface area contributed by atoms with E-state index in [0.717, 1.165) is 44.5 Å². The van der Waals surface area contributed by atoms with Crippen molar-refractivity contribution in [3.05, 3.63) is 53.3 Å². The van der Waals surface area contributed by atoms with Gasteiger partial charge in [0.25, 0.3) is 0 Å². The normalized spacial score (nSPS) is 16.8. The highest BCUT2D eigenvalue weighted by Gasteiger charge is 2.23. The molecule has 7 heteroatoms. The van der Waals surface area contributed by atoms with Crippen molar-refractivity contribution in [2.45, 2.75) is 25.6 Å². The van der Waals surface area contributed by atoms with Gasteiger partial charge in [-0.25, -0.2) is 8.42 Å². The minimum Gasteiger partial charge on any atom is -0.386 e. The van der Waals surface area contributed by atoms with Crippen LogP contribution in [0.4, 0.5) is 0 Å². The van der Waals surface area contributed by atoms with Crippen LogP contribution in [0, 0.1) is 0 Å². The molecule has 2 aromatic rings. The first kappa shape index (κ1) is 17.1. The van der Waals surface area contributed by atoms with Crippen molar-refractivity contribution in [2.24, 2.45) is 0 Å². The topological polar surface area (TPSA) is 75.4 Å². The van der Waals surface area contributed by atoms with Crippen LogP contribution in [0.1, 0.15) is 23.1 Å². The molecule has 0 spiro atoms. The molecule has 1 aromatic carbocycles. The van der Waals surface area contributed by atoms with E-state index in [-0.39, 0.29) is 5.75 Å². The highest BCUT2D eigenvalue weighted by atomic mass is 32.2. The molecule has 0 aliphatic carbocycles. The zero-order chi connectivity index (χ0) is 17.2. The third-order valence-corrected chi connectivity index (χ3v) is 5.18. The second-order valence-corrected chi connectivity index (χ2v) is 8.59. The lowest BCUT2D eigenvalue weighted by atomic mass is 10.1. The number of hydrogen-bond acceptors (Lipinski definition) is 5. The van der Waals surface area contributed by atoms with E-state index >= 15 is 0 Å². The van der Waals surface area contributed by atoms with Crippen LogP contribution in [-0.4, -0.2) is 53.3 Å². The Balaban J connectivity index is 1.61. The molecule has 6 nitrogen and oxygen atoms in total. The van der Waals surface area contributed by atoms with E-state index in [9.17, 15) is 13.5 Å². The second kappa shape index (κ2) is 7.04. The van der Waals surface area contributed by atoms with Crippen LogP contribution in [0.5, 0.6) is 0 Å². The standard InChI is InChI=1S/C17H23N3O3S/c1-24(22,23)13-17(21)16-11-15-12-19(9-10-20(15)18-16)8-7-14-5-3-2-4-6-14/h2-6,11,17,21H,7-10,12-13H2,1H3. The van der Waals surface area contributed by atoms with Crippen LogP contribution >= 0.6 is 0 Å². The predicted molar refractivity (Wildman–Crippen MR) is 92.3 cm³/mol. The number of benzene rings is 1. The SMILES string of the molecule is CS(=O)(=O)CC(O)c1cc2n(n1)CCN(CCc1ccccc1)C2. The summed E-state index contributed by atoms with van der Waals surface area (Å²) in [5, 5.41) is 14.4. The average Bonchev–Trinajstić information content (AvgIpc) is 2.96. The Kier molecular flexibility index (Phi) is 5.03. The van der Waals surface area contributed by atoms with Gasteiger partial charge in [-0.3, -0.25) is 9.58 Å². The summed E-state index contributed by atoms with van der Waals surface area (Å²) in [6, 6.07) is 12.2. The van der Waals surface area contributed by atoms with E-state index in [1.165, 1.54) is 5.56 Å². The first-order valence-corrected chi connectivity index (χ1v) is 10.2. The number of aliphatic hydroxyl groups is 1. The first-order valence-electron chi connectivity index (χ1n) is 8.09. The van der Waals surface area contributed by atoms with Gasteiger partial charge in [-0.2, -0.15) is 5.10 Å². The van der Waals surface area contributed by atoms with Gasteiger partial charge in [0.05, 0.1) is 23.7 Å². The quantitative estimate of drug-likeness (QED) is 0.843. The van der Waals surface area contributed by atoms with Crippen LogP contribution < -0.4 is 0 Å². The monoisotopic (exact) mass is 349 g/mol. The minimum absolute atomic E-state index is 0.291. The van der Waals surface area contributed by atoms with Crippen LogP contribution in [-0.2, 0) is 29.3 Å². The number of rotatable bonds is 6. The summed E-state index contributed by atoms with van der Waals surface area (Å²) in [6.07, 6.45) is 1.06. The third kappa shape index (κ3) is 4.43. The summed E-state index contributed by atoms with van der Waals surface area (Å²) < 4.78 is 24.5. The van der Waals surface area contributed by atoms with Gasteiger partial charge in [0.1, 0.15) is 15.9 Å². The molecule has 0 fully saturated rings. The lowest BCUT2D eigenvalue weighted by Gasteiger charge is -2.27. The number of fused-ring (bicyclic) bond motifs is 1. The summed E-state index contributed by atoms with van der Waals surface area (Å²) in [6.45, 7) is 3.40. The average molecular weight is 349 g/mol. The van der Waals surface area contributed by atoms with Crippen LogP contribution in [0.25, 0.3) is 0 Å². The van der Waals surface area contributed by atoms with Crippen molar-refractivity contribution in [2.75, 3.05) is 25.1 Å². The number of aliphatic hydroxyl groups excluding tert-OH is 1. The van der Waals surface area contributed by atoms with Gasteiger partial charge in [-0.1, -0.05) is 30.3 Å². The van der Waals surface area contributed by atoms with Gasteiger partial charge in [0.2, 0.25) is 0 Å². The van der Waals surface area contributed by atoms with E-state index < -0.39 is 15.9 Å². The summed E-state index contributed by atoms with van der Waals surface area (Å²) in [5.74, 6) is -0.291. The van der Waals surface area contributed by atoms with E-state index in [1.54, 1.807) is 0 Å². The Labute approximate surface area is 142 Å². The van der Waals surface area contributed by atoms with Crippen molar-refractivity contribution in [3.8, 4) is 0 Å². The van der Waals surface area contributed by atoms with Crippen molar-refractivity contribution >= 4 is 9.84 Å². The van der Waals surface area contributed by atoms with Crippen LogP contribution in [0.2, 0.25) is 0 Å². The molecule has 2 heterocycles. The number of nitrogens with zero attached hydrogens (tertiary/aromatic N) is 3. The molecule has 1 aliphatic heterocycles. The molecule has 1 aliphatic rings. The van der Waals surface area contributed by atoms with Gasteiger partial charge in [0.15, 0.2) is 0 Å². The minimum atomic E-state index is -3.23. The molecule has 0 saturated carbocycles. The molecular formula is C17H23N3O3S. The highest BCUT2D eigenvalue weighted by Crippen LogP contribution is 2.19. The fraction of sp³-hybridized carbons (Fsp3) is 0.471. The molecular weight excluding hydrogens is 326 g/mol. The first-order chi connectivity index (χ1) is 11.4. The molecule has 130 valence electrons. The fourth-order valence-corrected chi connectivity index (χ4v) is 3.74. The van der Waals surface area contributed by atoms with Crippen molar-refractivity contribution in [1.29, 1.82) is 0 Å². The van der Waals surface area contributed by atoms with E-state index in [4.69, 9.17) is 0 Å². The number of sulfone groups is 1. The molecule has 24 heavy (non-hydrogen) atoms. The van der Waals surface area contributed by atoms with Crippen molar-refractivity contribution in [1.82, 2.24) is 14.7 Å². The molecule has 0 bridgehead atoms. The van der Waals surface area contributed by atoms with E-state index in [2.05, 4.69) is 34.3 Å². The van der Waals surface area contributed by atoms with Gasteiger partial charge < -0.3 is 5.11 Å². The highest BCUT2D eigenvalue weighted by molar-refractivity contribution is 7.90. The third-order valence-electron chi connectivity index (χ3n) is 4.26. The maximum atomic E-state index is 11.3. The largest absolute Gasteiger partial charge is 0.386 e. The molecule has 1 aromatic heterocycles. The molecule has 1 unspecified atom stereocenters. The maximum absolute atomic E-state index is 11.3. The smallest absolute Gasteiger partial charge is 0.150 e. The van der Waals surface area contributed by atoms with Crippen LogP contribution in [0.3, 0.4) is 0 Å². The zero-order valence-electron chi connectivity index (χ0n) is 13.8. The molecule has 0 radical (unpaired) electrons. The number of aromatic nitrogens is 2. The fourth-order valence-electron chi connectivity index (χ4n) is 3.00. The van der Waals surface area contributed by atoms with E-state index in [0.29, 0.717) is 5.69 Å². The number of hydrogen-bond donors (Lipinski definition) is 1. The lowest BCUT2D eigenvalue weighted by Crippen LogP contribution is -2.35. The zero-order valence-corrected chi connectivity index (χ0v) is 14.6. The molecule has 0 saturated heterocycles. The van der Waals surface area contributed by atoms with Crippen LogP contribution in [0.15, 0.2) is 36.4 Å². The molecule has 1 atom stereocenters. The van der Waals surface area contributed by atoms with Crippen molar-refractivity contribution < 1.29 is 13.5 Å². The Morgan fingerprint density at radius 1 is 1.25 bits per heavy atom.